The Labute approximate surface area is 120 Å². The summed E-state index contributed by atoms with van der Waals surface area (Å²) in [5.74, 6) is -0.406. The summed E-state index contributed by atoms with van der Waals surface area (Å²) >= 11 is 0. The van der Waals surface area contributed by atoms with Crippen LogP contribution in [-0.4, -0.2) is 18.5 Å². The summed E-state index contributed by atoms with van der Waals surface area (Å²) in [5.41, 5.74) is 0.518. The number of carbonyl (C=O) groups is 1. The molecule has 0 aromatic heterocycles. The molecule has 1 fully saturated rings. The molecule has 0 unspecified atom stereocenters. The first kappa shape index (κ1) is 15.0. The fourth-order valence-electron chi connectivity index (χ4n) is 2.66. The van der Waals surface area contributed by atoms with Crippen molar-refractivity contribution in [2.24, 2.45) is 0 Å². The predicted molar refractivity (Wildman–Crippen MR) is 79.1 cm³/mol. The Kier molecular flexibility index (Phi) is 5.99. The van der Waals surface area contributed by atoms with Gasteiger partial charge in [0.25, 0.3) is 0 Å². The minimum atomic E-state index is -0.334. The second-order valence-corrected chi connectivity index (χ2v) is 5.45. The molecule has 1 aromatic rings. The second-order valence-electron chi connectivity index (χ2n) is 5.45. The Morgan fingerprint density at radius 1 is 1.20 bits per heavy atom. The second kappa shape index (κ2) is 8.00. The van der Waals surface area contributed by atoms with E-state index in [9.17, 15) is 9.18 Å². The molecule has 1 saturated carbocycles. The number of halogens is 1. The number of hydrogen-bond acceptors (Lipinski definition) is 2. The Balaban J connectivity index is 1.67. The molecule has 0 aliphatic heterocycles. The lowest BCUT2D eigenvalue weighted by Gasteiger charge is -2.15. The number of hydrogen-bond donors (Lipinski definition) is 2. The largest absolute Gasteiger partial charge is 0.326 e. The zero-order valence-corrected chi connectivity index (χ0v) is 11.8. The highest BCUT2D eigenvalue weighted by atomic mass is 19.1. The SMILES string of the molecule is O=C(CCNC1CCCCCC1)Nc1cccc(F)c1. The molecule has 1 aromatic carbocycles. The maximum absolute atomic E-state index is 13.0. The van der Waals surface area contributed by atoms with Crippen LogP contribution in [0.3, 0.4) is 0 Å². The van der Waals surface area contributed by atoms with Crippen molar-refractivity contribution < 1.29 is 9.18 Å². The van der Waals surface area contributed by atoms with Crippen molar-refractivity contribution in [2.45, 2.75) is 51.0 Å². The van der Waals surface area contributed by atoms with Crippen molar-refractivity contribution >= 4 is 11.6 Å². The summed E-state index contributed by atoms with van der Waals surface area (Å²) in [6.45, 7) is 0.686. The molecule has 20 heavy (non-hydrogen) atoms. The van der Waals surface area contributed by atoms with Crippen LogP contribution in [0.4, 0.5) is 10.1 Å². The van der Waals surface area contributed by atoms with Gasteiger partial charge in [0.05, 0.1) is 0 Å². The molecule has 0 saturated heterocycles. The summed E-state index contributed by atoms with van der Waals surface area (Å²) in [5, 5.41) is 6.17. The van der Waals surface area contributed by atoms with Gasteiger partial charge in [0.1, 0.15) is 5.82 Å². The Morgan fingerprint density at radius 3 is 2.65 bits per heavy atom. The molecule has 0 radical (unpaired) electrons. The lowest BCUT2D eigenvalue weighted by Crippen LogP contribution is -2.31. The van der Waals surface area contributed by atoms with E-state index >= 15 is 0 Å². The molecule has 2 N–H and O–H groups in total. The minimum Gasteiger partial charge on any atom is -0.326 e. The molecule has 0 atom stereocenters. The van der Waals surface area contributed by atoms with Crippen molar-refractivity contribution in [1.29, 1.82) is 0 Å². The zero-order chi connectivity index (χ0) is 14.2. The van der Waals surface area contributed by atoms with Crippen LogP contribution in [-0.2, 0) is 4.79 Å². The lowest BCUT2D eigenvalue weighted by molar-refractivity contribution is -0.116. The summed E-state index contributed by atoms with van der Waals surface area (Å²) in [7, 11) is 0. The fourth-order valence-corrected chi connectivity index (χ4v) is 2.66. The van der Waals surface area contributed by atoms with Crippen molar-refractivity contribution in [1.82, 2.24) is 5.32 Å². The Bertz CT molecular complexity index is 428. The van der Waals surface area contributed by atoms with Gasteiger partial charge in [0, 0.05) is 24.7 Å². The number of nitrogens with one attached hydrogen (secondary N) is 2. The predicted octanol–water partition coefficient (Wildman–Crippen LogP) is 3.47. The third kappa shape index (κ3) is 5.29. The first-order valence-corrected chi connectivity index (χ1v) is 7.53. The molecule has 4 heteroatoms. The summed E-state index contributed by atoms with van der Waals surface area (Å²) in [4.78, 5) is 11.8. The van der Waals surface area contributed by atoms with E-state index in [0.29, 0.717) is 24.7 Å². The number of carbonyl (C=O) groups excluding carboxylic acids is 1. The highest BCUT2D eigenvalue weighted by Gasteiger charge is 2.11. The molecule has 0 heterocycles. The van der Waals surface area contributed by atoms with E-state index in [0.717, 1.165) is 0 Å². The highest BCUT2D eigenvalue weighted by Crippen LogP contribution is 2.17. The smallest absolute Gasteiger partial charge is 0.225 e. The van der Waals surface area contributed by atoms with Gasteiger partial charge in [-0.15, -0.1) is 0 Å². The Morgan fingerprint density at radius 2 is 1.95 bits per heavy atom. The molecule has 110 valence electrons. The number of anilines is 1. The molecule has 0 spiro atoms. The van der Waals surface area contributed by atoms with Crippen molar-refractivity contribution in [3.8, 4) is 0 Å². The zero-order valence-electron chi connectivity index (χ0n) is 11.8. The van der Waals surface area contributed by atoms with Gasteiger partial charge < -0.3 is 10.6 Å². The van der Waals surface area contributed by atoms with Crippen LogP contribution in [0, 0.1) is 5.82 Å². The van der Waals surface area contributed by atoms with E-state index in [-0.39, 0.29) is 11.7 Å². The number of amides is 1. The van der Waals surface area contributed by atoms with Gasteiger partial charge in [-0.1, -0.05) is 31.7 Å². The molecular formula is C16H23FN2O. The lowest BCUT2D eigenvalue weighted by atomic mass is 10.1. The maximum Gasteiger partial charge on any atom is 0.225 e. The Hall–Kier alpha value is -1.42. The summed E-state index contributed by atoms with van der Waals surface area (Å²) in [6.07, 6.45) is 8.08. The van der Waals surface area contributed by atoms with Crippen LogP contribution >= 0.6 is 0 Å². The molecule has 1 aliphatic carbocycles. The average Bonchev–Trinajstić information content (AvgIpc) is 2.67. The van der Waals surface area contributed by atoms with E-state index in [4.69, 9.17) is 0 Å². The third-order valence-corrected chi connectivity index (χ3v) is 3.75. The van der Waals surface area contributed by atoms with Crippen LogP contribution < -0.4 is 10.6 Å². The standard InChI is InChI=1S/C16H23FN2O/c17-13-6-5-9-15(12-13)19-16(20)10-11-18-14-7-3-1-2-4-8-14/h5-6,9,12,14,18H,1-4,7-8,10-11H2,(H,19,20). The van der Waals surface area contributed by atoms with Gasteiger partial charge in [-0.05, 0) is 31.0 Å². The van der Waals surface area contributed by atoms with Gasteiger partial charge >= 0.3 is 0 Å². The van der Waals surface area contributed by atoms with E-state index in [2.05, 4.69) is 10.6 Å². The minimum absolute atomic E-state index is 0.0725. The van der Waals surface area contributed by atoms with E-state index in [1.54, 1.807) is 12.1 Å². The van der Waals surface area contributed by atoms with Crippen LogP contribution in [0.2, 0.25) is 0 Å². The highest BCUT2D eigenvalue weighted by molar-refractivity contribution is 5.90. The van der Waals surface area contributed by atoms with Crippen LogP contribution in [0.15, 0.2) is 24.3 Å². The average molecular weight is 278 g/mol. The molecule has 3 nitrogen and oxygen atoms in total. The fraction of sp³-hybridized carbons (Fsp3) is 0.562. The van der Waals surface area contributed by atoms with Gasteiger partial charge in [-0.3, -0.25) is 4.79 Å². The van der Waals surface area contributed by atoms with Crippen LogP contribution in [0.25, 0.3) is 0 Å². The van der Waals surface area contributed by atoms with Crippen molar-refractivity contribution in [2.75, 3.05) is 11.9 Å². The van der Waals surface area contributed by atoms with Gasteiger partial charge in [-0.2, -0.15) is 0 Å². The molecule has 2 rings (SSSR count). The quantitative estimate of drug-likeness (QED) is 0.810. The molecule has 1 aliphatic rings. The third-order valence-electron chi connectivity index (χ3n) is 3.75. The van der Waals surface area contributed by atoms with Crippen molar-refractivity contribution in [3.63, 3.8) is 0 Å². The maximum atomic E-state index is 13.0. The van der Waals surface area contributed by atoms with E-state index in [1.165, 1.54) is 50.7 Å². The topological polar surface area (TPSA) is 41.1 Å². The number of benzene rings is 1. The molecule has 1 amide bonds. The molecular weight excluding hydrogens is 255 g/mol. The summed E-state index contributed by atoms with van der Waals surface area (Å²) < 4.78 is 13.0. The van der Waals surface area contributed by atoms with Gasteiger partial charge in [0.15, 0.2) is 0 Å². The van der Waals surface area contributed by atoms with Crippen molar-refractivity contribution in [3.05, 3.63) is 30.1 Å². The first-order chi connectivity index (χ1) is 9.74. The van der Waals surface area contributed by atoms with Gasteiger partial charge in [-0.25, -0.2) is 4.39 Å². The van der Waals surface area contributed by atoms with E-state index < -0.39 is 0 Å². The molecule has 0 bridgehead atoms. The number of rotatable bonds is 5. The van der Waals surface area contributed by atoms with Gasteiger partial charge in [0.2, 0.25) is 5.91 Å². The van der Waals surface area contributed by atoms with Crippen LogP contribution in [0.5, 0.6) is 0 Å². The monoisotopic (exact) mass is 278 g/mol. The summed E-state index contributed by atoms with van der Waals surface area (Å²) in [6, 6.07) is 6.54. The normalized spacial score (nSPS) is 16.6. The first-order valence-electron chi connectivity index (χ1n) is 7.53. The van der Waals surface area contributed by atoms with Crippen LogP contribution in [0.1, 0.15) is 44.9 Å². The van der Waals surface area contributed by atoms with E-state index in [1.807, 2.05) is 0 Å².